The number of nitrogens with zero attached hydrogens (tertiary/aromatic N) is 3. The molecule has 30 heavy (non-hydrogen) atoms. The average molecular weight is 415 g/mol. The summed E-state index contributed by atoms with van der Waals surface area (Å²) in [5.41, 5.74) is -0.793. The fraction of sp³-hybridized carbons (Fsp3) is 0.200. The van der Waals surface area contributed by atoms with Gasteiger partial charge in [-0.3, -0.25) is 14.9 Å². The van der Waals surface area contributed by atoms with Crippen molar-refractivity contribution in [2.45, 2.75) is 13.5 Å². The highest BCUT2D eigenvalue weighted by molar-refractivity contribution is 6.03. The second-order valence-corrected chi connectivity index (χ2v) is 6.39. The van der Waals surface area contributed by atoms with Crippen LogP contribution < -0.4 is 4.74 Å². The van der Waals surface area contributed by atoms with E-state index < -0.39 is 39.4 Å². The van der Waals surface area contributed by atoms with Crippen LogP contribution in [0.3, 0.4) is 0 Å². The van der Waals surface area contributed by atoms with Crippen molar-refractivity contribution >= 4 is 17.4 Å². The first kappa shape index (κ1) is 22.2. The monoisotopic (exact) mass is 415 g/mol. The van der Waals surface area contributed by atoms with Gasteiger partial charge in [-0.15, -0.1) is 0 Å². The lowest BCUT2D eigenvalue weighted by molar-refractivity contribution is -0.386. The minimum atomic E-state index is -0.925. The number of aliphatic hydroxyl groups excluding tert-OH is 1. The van der Waals surface area contributed by atoms with Crippen LogP contribution in [0.25, 0.3) is 5.76 Å². The number of phenols is 1. The Bertz CT molecular complexity index is 1090. The van der Waals surface area contributed by atoms with Gasteiger partial charge in [0.05, 0.1) is 12.0 Å². The first-order chi connectivity index (χ1) is 14.1. The second kappa shape index (κ2) is 8.91. The molecule has 0 atom stereocenters. The van der Waals surface area contributed by atoms with E-state index in [0.29, 0.717) is 0 Å². The van der Waals surface area contributed by atoms with Gasteiger partial charge in [0.2, 0.25) is 5.75 Å². The molecule has 0 fully saturated rings. The number of halogens is 1. The van der Waals surface area contributed by atoms with E-state index in [-0.39, 0.29) is 23.4 Å². The Morgan fingerprint density at radius 1 is 1.37 bits per heavy atom. The first-order valence-electron chi connectivity index (χ1n) is 8.50. The number of aromatic hydroxyl groups is 1. The lowest BCUT2D eigenvalue weighted by Gasteiger charge is -2.18. The van der Waals surface area contributed by atoms with E-state index in [1.165, 1.54) is 13.1 Å². The lowest BCUT2D eigenvalue weighted by atomic mass is 10.1. The van der Waals surface area contributed by atoms with Gasteiger partial charge in [0.1, 0.15) is 17.6 Å². The van der Waals surface area contributed by atoms with Gasteiger partial charge in [0, 0.05) is 30.8 Å². The van der Waals surface area contributed by atoms with Gasteiger partial charge in [0.25, 0.3) is 5.91 Å². The van der Waals surface area contributed by atoms with Crippen LogP contribution in [0.2, 0.25) is 0 Å². The minimum Gasteiger partial charge on any atom is -0.506 e. The summed E-state index contributed by atoms with van der Waals surface area (Å²) >= 11 is 0. The van der Waals surface area contributed by atoms with Crippen LogP contribution in [-0.4, -0.2) is 40.1 Å². The molecule has 0 aliphatic heterocycles. The number of aryl methyl sites for hydroxylation is 1. The predicted octanol–water partition coefficient (Wildman–Crippen LogP) is 3.21. The Kier molecular flexibility index (Phi) is 6.59. The Morgan fingerprint density at radius 2 is 2.03 bits per heavy atom. The van der Waals surface area contributed by atoms with Crippen LogP contribution in [-0.2, 0) is 11.3 Å². The van der Waals surface area contributed by atoms with Crippen molar-refractivity contribution in [1.29, 1.82) is 5.26 Å². The maximum atomic E-state index is 14.0. The van der Waals surface area contributed by atoms with Crippen LogP contribution in [0.1, 0.15) is 16.7 Å². The Balaban J connectivity index is 2.47. The summed E-state index contributed by atoms with van der Waals surface area (Å²) < 4.78 is 18.8. The van der Waals surface area contributed by atoms with Gasteiger partial charge in [-0.2, -0.15) is 5.26 Å². The van der Waals surface area contributed by atoms with Gasteiger partial charge in [-0.25, -0.2) is 4.39 Å². The van der Waals surface area contributed by atoms with Gasteiger partial charge >= 0.3 is 5.69 Å². The number of carbonyl (C=O) groups is 1. The molecule has 0 saturated heterocycles. The molecule has 0 saturated carbocycles. The Hall–Kier alpha value is -4.13. The number of likely N-dealkylation sites (N-methyl/N-ethyl adjacent to an activating group) is 1. The Labute approximate surface area is 171 Å². The smallest absolute Gasteiger partial charge is 0.315 e. The van der Waals surface area contributed by atoms with Gasteiger partial charge in [0.15, 0.2) is 11.3 Å². The number of amides is 1. The van der Waals surface area contributed by atoms with Crippen molar-refractivity contribution in [2.24, 2.45) is 0 Å². The minimum absolute atomic E-state index is 0.177. The summed E-state index contributed by atoms with van der Waals surface area (Å²) in [7, 11) is 2.46. The first-order valence-corrected chi connectivity index (χ1v) is 8.50. The van der Waals surface area contributed by atoms with Gasteiger partial charge in [-0.1, -0.05) is 17.7 Å². The molecule has 0 bridgehead atoms. The average Bonchev–Trinajstić information content (AvgIpc) is 2.70. The highest BCUT2D eigenvalue weighted by Crippen LogP contribution is 2.38. The van der Waals surface area contributed by atoms with Crippen molar-refractivity contribution in [3.05, 3.63) is 68.5 Å². The largest absolute Gasteiger partial charge is 0.506 e. The Morgan fingerprint density at radius 3 is 2.60 bits per heavy atom. The number of nitriles is 1. The van der Waals surface area contributed by atoms with E-state index in [1.807, 2.05) is 0 Å². The molecular formula is C20H18FN3O6. The molecule has 156 valence electrons. The molecule has 10 heteroatoms. The van der Waals surface area contributed by atoms with Crippen molar-refractivity contribution in [3.63, 3.8) is 0 Å². The number of aliphatic hydroxyl groups is 1. The number of methoxy groups -OCH3 is 1. The van der Waals surface area contributed by atoms with Gasteiger partial charge in [-0.05, 0) is 19.1 Å². The van der Waals surface area contributed by atoms with Crippen LogP contribution >= 0.6 is 0 Å². The predicted molar refractivity (Wildman–Crippen MR) is 104 cm³/mol. The highest BCUT2D eigenvalue weighted by atomic mass is 19.1. The quantitative estimate of drug-likeness (QED) is 0.243. The number of ether oxygens (including phenoxy) is 1. The van der Waals surface area contributed by atoms with E-state index in [0.717, 1.165) is 29.7 Å². The lowest BCUT2D eigenvalue weighted by Crippen LogP contribution is -2.28. The van der Waals surface area contributed by atoms with Crippen molar-refractivity contribution in [2.75, 3.05) is 14.2 Å². The summed E-state index contributed by atoms with van der Waals surface area (Å²) in [6, 6.07) is 7.78. The van der Waals surface area contributed by atoms with Crippen molar-refractivity contribution in [1.82, 2.24) is 4.90 Å². The molecule has 0 unspecified atom stereocenters. The van der Waals surface area contributed by atoms with E-state index in [9.17, 15) is 34.8 Å². The standard InChI is InChI=1S/C20H18FN3O6/c1-11-4-5-15(21)13(6-11)10-23(2)20(27)14(9-22)18(25)12-7-16(24(28)29)19(26)17(8-12)30-3/h4-8,25-26H,10H2,1-3H3/b18-14-. The molecule has 0 heterocycles. The summed E-state index contributed by atoms with van der Waals surface area (Å²) in [5.74, 6) is -3.40. The molecule has 2 aromatic carbocycles. The number of rotatable bonds is 6. The number of nitro benzene ring substituents is 1. The third-order valence-corrected chi connectivity index (χ3v) is 4.26. The van der Waals surface area contributed by atoms with Crippen molar-refractivity contribution < 1.29 is 29.1 Å². The number of hydrogen-bond donors (Lipinski definition) is 2. The number of phenolic OH excluding ortho intramolecular Hbond substituents is 1. The summed E-state index contributed by atoms with van der Waals surface area (Å²) in [4.78, 5) is 23.9. The molecule has 0 spiro atoms. The van der Waals surface area contributed by atoms with Crippen LogP contribution in [0.15, 0.2) is 35.9 Å². The molecule has 0 aliphatic carbocycles. The summed E-state index contributed by atoms with van der Waals surface area (Å²) in [5, 5.41) is 40.8. The molecule has 2 N–H and O–H groups in total. The molecular weight excluding hydrogens is 397 g/mol. The number of hydrogen-bond acceptors (Lipinski definition) is 7. The van der Waals surface area contributed by atoms with Gasteiger partial charge < -0.3 is 19.8 Å². The topological polar surface area (TPSA) is 137 Å². The zero-order chi connectivity index (χ0) is 22.6. The number of benzene rings is 2. The second-order valence-electron chi connectivity index (χ2n) is 6.39. The third-order valence-electron chi connectivity index (χ3n) is 4.26. The van der Waals surface area contributed by atoms with E-state index >= 15 is 0 Å². The van der Waals surface area contributed by atoms with Crippen LogP contribution in [0.4, 0.5) is 10.1 Å². The molecule has 1 amide bonds. The molecule has 0 radical (unpaired) electrons. The third kappa shape index (κ3) is 4.47. The zero-order valence-electron chi connectivity index (χ0n) is 16.3. The number of carbonyl (C=O) groups excluding carboxylic acids is 1. The molecule has 0 aromatic heterocycles. The SMILES string of the molecule is COc1cc(/C(O)=C(\C#N)C(=O)N(C)Cc2cc(C)ccc2F)cc([N+](=O)[O-])c1O. The zero-order valence-corrected chi connectivity index (χ0v) is 16.3. The maximum absolute atomic E-state index is 14.0. The van der Waals surface area contributed by atoms with Crippen LogP contribution in [0.5, 0.6) is 11.5 Å². The maximum Gasteiger partial charge on any atom is 0.315 e. The molecule has 9 nitrogen and oxygen atoms in total. The van der Waals surface area contributed by atoms with Crippen LogP contribution in [0, 0.1) is 34.2 Å². The molecule has 0 aliphatic rings. The summed E-state index contributed by atoms with van der Waals surface area (Å²) in [6.45, 7) is 1.58. The highest BCUT2D eigenvalue weighted by Gasteiger charge is 2.26. The van der Waals surface area contributed by atoms with E-state index in [2.05, 4.69) is 0 Å². The fourth-order valence-electron chi connectivity index (χ4n) is 2.71. The summed E-state index contributed by atoms with van der Waals surface area (Å²) in [6.07, 6.45) is 0. The van der Waals surface area contributed by atoms with E-state index in [4.69, 9.17) is 4.74 Å². The normalized spacial score (nSPS) is 11.3. The van der Waals surface area contributed by atoms with E-state index in [1.54, 1.807) is 25.1 Å². The van der Waals surface area contributed by atoms with Crippen molar-refractivity contribution in [3.8, 4) is 17.6 Å². The molecule has 2 rings (SSSR count). The molecule has 2 aromatic rings. The number of nitro groups is 1. The fourth-order valence-corrected chi connectivity index (χ4v) is 2.71.